The smallest absolute Gasteiger partial charge is 0.222 e. The van der Waals surface area contributed by atoms with E-state index >= 15 is 0 Å². The number of aromatic nitrogens is 1. The number of pyridine rings is 1. The van der Waals surface area contributed by atoms with E-state index < -0.39 is 0 Å². The van der Waals surface area contributed by atoms with Gasteiger partial charge < -0.3 is 15.6 Å². The van der Waals surface area contributed by atoms with Crippen molar-refractivity contribution in [2.45, 2.75) is 25.7 Å². The minimum atomic E-state index is 0.333. The quantitative estimate of drug-likeness (QED) is 0.806. The van der Waals surface area contributed by atoms with Gasteiger partial charge in [-0.25, -0.2) is 0 Å². The predicted molar refractivity (Wildman–Crippen MR) is 111 cm³/mol. The Bertz CT molecular complexity index is 916. The normalized spacial score (nSPS) is 31.6. The molecule has 2 saturated heterocycles. The van der Waals surface area contributed by atoms with E-state index in [0.717, 1.165) is 67.3 Å². The van der Waals surface area contributed by atoms with Gasteiger partial charge in [0.1, 0.15) is 0 Å². The second kappa shape index (κ2) is 6.96. The lowest BCUT2D eigenvalue weighted by Gasteiger charge is -2.37. The third-order valence-electron chi connectivity index (χ3n) is 7.12. The first kappa shape index (κ1) is 17.8. The van der Waals surface area contributed by atoms with Crippen LogP contribution in [0.25, 0.3) is 10.9 Å². The van der Waals surface area contributed by atoms with E-state index in [9.17, 15) is 4.79 Å². The predicted octanol–water partition coefficient (Wildman–Crippen LogP) is 3.04. The lowest BCUT2D eigenvalue weighted by molar-refractivity contribution is -0.133. The number of rotatable bonds is 4. The zero-order valence-corrected chi connectivity index (χ0v) is 16.4. The zero-order valence-electron chi connectivity index (χ0n) is 16.4. The summed E-state index contributed by atoms with van der Waals surface area (Å²) in [6.45, 7) is 6.14. The standard InChI is InChI=1S/C23H28N4O/c1-14-7-16(17-5-4-15(9-24)23-18(17)3-2-6-26-23)13-27(12-14)22(28)8-19-20-10-25-11-21(19)20/h2-6,9,14,16,19-21,24-25H,7-8,10-13H2,1H3/t14-,16+,19-,20-,21+/m1/s1. The van der Waals surface area contributed by atoms with Crippen molar-refractivity contribution >= 4 is 23.0 Å². The average Bonchev–Trinajstić information content (AvgIpc) is 3.12. The Hall–Kier alpha value is -2.27. The first-order valence-electron chi connectivity index (χ1n) is 10.5. The molecule has 0 spiro atoms. The Kier molecular flexibility index (Phi) is 4.43. The molecule has 0 unspecified atom stereocenters. The lowest BCUT2D eigenvalue weighted by atomic mass is 9.83. The van der Waals surface area contributed by atoms with Crippen LogP contribution in [-0.2, 0) is 4.79 Å². The van der Waals surface area contributed by atoms with Gasteiger partial charge in [-0.3, -0.25) is 9.78 Å². The van der Waals surface area contributed by atoms with Gasteiger partial charge in [0.05, 0.1) is 5.52 Å². The molecular weight excluding hydrogens is 348 g/mol. The van der Waals surface area contributed by atoms with Gasteiger partial charge in [0, 0.05) is 48.8 Å². The maximum atomic E-state index is 13.0. The molecule has 3 aliphatic rings. The number of benzene rings is 1. The molecule has 5 rings (SSSR count). The molecule has 28 heavy (non-hydrogen) atoms. The average molecular weight is 377 g/mol. The number of carbonyl (C=O) groups is 1. The Morgan fingerprint density at radius 1 is 1.29 bits per heavy atom. The molecule has 1 saturated carbocycles. The summed E-state index contributed by atoms with van der Waals surface area (Å²) in [7, 11) is 0. The monoisotopic (exact) mass is 376 g/mol. The molecule has 1 aliphatic carbocycles. The number of hydrogen-bond donors (Lipinski definition) is 2. The molecule has 5 heteroatoms. The molecule has 0 bridgehead atoms. The van der Waals surface area contributed by atoms with Crippen LogP contribution >= 0.6 is 0 Å². The van der Waals surface area contributed by atoms with Crippen molar-refractivity contribution < 1.29 is 4.79 Å². The summed E-state index contributed by atoms with van der Waals surface area (Å²) in [6.07, 6.45) is 4.99. The molecule has 2 aromatic rings. The molecule has 2 N–H and O–H groups in total. The van der Waals surface area contributed by atoms with Crippen LogP contribution in [-0.4, -0.2) is 48.2 Å². The van der Waals surface area contributed by atoms with Crippen molar-refractivity contribution in [2.75, 3.05) is 26.2 Å². The van der Waals surface area contributed by atoms with Crippen molar-refractivity contribution in [2.24, 2.45) is 23.7 Å². The Morgan fingerprint density at radius 2 is 2.11 bits per heavy atom. The van der Waals surface area contributed by atoms with Crippen molar-refractivity contribution in [3.05, 3.63) is 41.6 Å². The van der Waals surface area contributed by atoms with Gasteiger partial charge in [0.25, 0.3) is 0 Å². The van der Waals surface area contributed by atoms with Gasteiger partial charge in [0.15, 0.2) is 0 Å². The summed E-state index contributed by atoms with van der Waals surface area (Å²) in [6, 6.07) is 8.22. The van der Waals surface area contributed by atoms with E-state index in [1.807, 2.05) is 12.1 Å². The van der Waals surface area contributed by atoms with Crippen LogP contribution in [0, 0.1) is 29.1 Å². The summed E-state index contributed by atoms with van der Waals surface area (Å²) >= 11 is 0. The van der Waals surface area contributed by atoms with Crippen LogP contribution in [0.5, 0.6) is 0 Å². The maximum absolute atomic E-state index is 13.0. The van der Waals surface area contributed by atoms with E-state index in [4.69, 9.17) is 5.41 Å². The molecule has 2 aliphatic heterocycles. The zero-order chi connectivity index (χ0) is 19.3. The second-order valence-corrected chi connectivity index (χ2v) is 8.98. The minimum absolute atomic E-state index is 0.333. The summed E-state index contributed by atoms with van der Waals surface area (Å²) in [4.78, 5) is 19.7. The number of amides is 1. The third-order valence-corrected chi connectivity index (χ3v) is 7.12. The summed E-state index contributed by atoms with van der Waals surface area (Å²) in [5.74, 6) is 3.27. The molecule has 5 nitrogen and oxygen atoms in total. The highest BCUT2D eigenvalue weighted by atomic mass is 16.2. The van der Waals surface area contributed by atoms with E-state index in [1.165, 1.54) is 11.8 Å². The molecule has 146 valence electrons. The second-order valence-electron chi connectivity index (χ2n) is 8.98. The van der Waals surface area contributed by atoms with Crippen LogP contribution in [0.15, 0.2) is 30.5 Å². The topological polar surface area (TPSA) is 69.1 Å². The first-order chi connectivity index (χ1) is 13.7. The van der Waals surface area contributed by atoms with E-state index in [0.29, 0.717) is 23.7 Å². The van der Waals surface area contributed by atoms with Crippen LogP contribution in [0.4, 0.5) is 0 Å². The highest BCUT2D eigenvalue weighted by Crippen LogP contribution is 2.51. The number of fused-ring (bicyclic) bond motifs is 2. The summed E-state index contributed by atoms with van der Waals surface area (Å²) < 4.78 is 0. The van der Waals surface area contributed by atoms with Gasteiger partial charge >= 0.3 is 0 Å². The minimum Gasteiger partial charge on any atom is -0.342 e. The van der Waals surface area contributed by atoms with Crippen molar-refractivity contribution in [1.29, 1.82) is 5.41 Å². The van der Waals surface area contributed by atoms with Crippen molar-refractivity contribution in [3.63, 3.8) is 0 Å². The number of likely N-dealkylation sites (tertiary alicyclic amines) is 1. The molecule has 3 heterocycles. The van der Waals surface area contributed by atoms with Gasteiger partial charge in [-0.15, -0.1) is 0 Å². The van der Waals surface area contributed by atoms with E-state index in [-0.39, 0.29) is 0 Å². The molecule has 0 radical (unpaired) electrons. The largest absolute Gasteiger partial charge is 0.342 e. The summed E-state index contributed by atoms with van der Waals surface area (Å²) in [5.41, 5.74) is 3.01. The number of nitrogens with zero attached hydrogens (tertiary/aromatic N) is 2. The molecule has 1 amide bonds. The van der Waals surface area contributed by atoms with Crippen LogP contribution < -0.4 is 5.32 Å². The van der Waals surface area contributed by atoms with Gasteiger partial charge in [-0.2, -0.15) is 0 Å². The number of hydrogen-bond acceptors (Lipinski definition) is 4. The number of nitrogens with one attached hydrogen (secondary N) is 2. The fraction of sp³-hybridized carbons (Fsp3) is 0.522. The fourth-order valence-electron chi connectivity index (χ4n) is 5.65. The summed E-state index contributed by atoms with van der Waals surface area (Å²) in [5, 5.41) is 12.2. The Morgan fingerprint density at radius 3 is 2.89 bits per heavy atom. The third kappa shape index (κ3) is 3.02. The van der Waals surface area contributed by atoms with Gasteiger partial charge in [-0.1, -0.05) is 25.1 Å². The van der Waals surface area contributed by atoms with Crippen LogP contribution in [0.1, 0.15) is 36.8 Å². The highest BCUT2D eigenvalue weighted by molar-refractivity contribution is 5.98. The van der Waals surface area contributed by atoms with E-state index in [1.54, 1.807) is 6.20 Å². The van der Waals surface area contributed by atoms with Gasteiger partial charge in [0.2, 0.25) is 5.91 Å². The number of piperidine rings is 2. The molecule has 5 atom stereocenters. The maximum Gasteiger partial charge on any atom is 0.222 e. The van der Waals surface area contributed by atoms with Crippen LogP contribution in [0.2, 0.25) is 0 Å². The molecule has 1 aromatic carbocycles. The van der Waals surface area contributed by atoms with Crippen molar-refractivity contribution in [3.8, 4) is 0 Å². The Balaban J connectivity index is 1.38. The highest BCUT2D eigenvalue weighted by Gasteiger charge is 2.53. The molecule has 3 fully saturated rings. The Labute approximate surface area is 166 Å². The fourth-order valence-corrected chi connectivity index (χ4v) is 5.65. The molecular formula is C23H28N4O. The SMILES string of the molecule is C[C@@H]1C[C@H](c2ccc(C=N)c3ncccc23)CN(C(=O)C[C@H]2[C@@H]3CNC[C@@H]32)C1. The van der Waals surface area contributed by atoms with E-state index in [2.05, 4.69) is 34.3 Å². The van der Waals surface area contributed by atoms with Crippen LogP contribution in [0.3, 0.4) is 0 Å². The van der Waals surface area contributed by atoms with Gasteiger partial charge in [-0.05, 0) is 54.8 Å². The lowest BCUT2D eigenvalue weighted by Crippen LogP contribution is -2.43. The molecule has 1 aromatic heterocycles. The first-order valence-corrected chi connectivity index (χ1v) is 10.5. The van der Waals surface area contributed by atoms with Crippen molar-refractivity contribution in [1.82, 2.24) is 15.2 Å². The number of carbonyl (C=O) groups excluding carboxylic acids is 1.